The number of ketones is 1. The lowest BCUT2D eigenvalue weighted by molar-refractivity contribution is -0.239. The molecule has 1 saturated heterocycles. The summed E-state index contributed by atoms with van der Waals surface area (Å²) < 4.78 is 63.9. The Kier molecular flexibility index (Phi) is 18.8. The van der Waals surface area contributed by atoms with Gasteiger partial charge in [-0.1, -0.05) is 93.6 Å². The third-order valence-corrected chi connectivity index (χ3v) is 15.5. The van der Waals surface area contributed by atoms with Crippen LogP contribution >= 0.6 is 8.53 Å². The van der Waals surface area contributed by atoms with Crippen LogP contribution in [0.25, 0.3) is 11.2 Å². The van der Waals surface area contributed by atoms with Crippen molar-refractivity contribution in [2.75, 3.05) is 40.0 Å². The van der Waals surface area contributed by atoms with Crippen molar-refractivity contribution in [3.05, 3.63) is 143 Å². The second-order valence-corrected chi connectivity index (χ2v) is 22.8. The molecule has 0 spiro atoms. The number of benzene rings is 4. The van der Waals surface area contributed by atoms with Gasteiger partial charge in [-0.3, -0.25) is 23.9 Å². The predicted molar refractivity (Wildman–Crippen MR) is 294 cm³/mol. The van der Waals surface area contributed by atoms with Gasteiger partial charge in [0.1, 0.15) is 47.8 Å². The molecule has 2 unspecified atom stereocenters. The molecule has 0 radical (unpaired) electrons. The van der Waals surface area contributed by atoms with Crippen molar-refractivity contribution < 1.29 is 51.8 Å². The van der Waals surface area contributed by atoms with Crippen LogP contribution in [0.1, 0.15) is 98.6 Å². The fourth-order valence-electron chi connectivity index (χ4n) is 9.68. The largest absolute Gasteiger partial charge is 0.497 e. The van der Waals surface area contributed by atoms with Crippen molar-refractivity contribution in [2.24, 2.45) is 10.8 Å². The Hall–Kier alpha value is -6.75. The highest BCUT2D eigenvalue weighted by Gasteiger charge is 2.68. The average molecular weight is 1090 g/mol. The van der Waals surface area contributed by atoms with E-state index in [1.54, 1.807) is 59.3 Å². The van der Waals surface area contributed by atoms with Crippen LogP contribution < -0.4 is 25.5 Å². The molecule has 4 aromatic carbocycles. The van der Waals surface area contributed by atoms with Gasteiger partial charge in [0.15, 0.2) is 29.8 Å². The van der Waals surface area contributed by atoms with E-state index in [4.69, 9.17) is 47.9 Å². The molecular weight excluding hydrogens is 1020 g/mol. The van der Waals surface area contributed by atoms with E-state index < -0.39 is 85.8 Å². The Bertz CT molecular complexity index is 2990. The molecular formula is C58H72N7O12P. The predicted octanol–water partition coefficient (Wildman–Crippen LogP) is 9.65. The number of nitriles is 1. The van der Waals surface area contributed by atoms with Crippen LogP contribution in [-0.2, 0) is 43.2 Å². The van der Waals surface area contributed by atoms with Gasteiger partial charge in [-0.05, 0) is 102 Å². The summed E-state index contributed by atoms with van der Waals surface area (Å²) in [5.41, 5.74) is 1.15. The van der Waals surface area contributed by atoms with Crippen LogP contribution in [0, 0.1) is 22.2 Å². The van der Waals surface area contributed by atoms with Crippen LogP contribution in [0.4, 0.5) is 5.95 Å². The molecule has 6 aromatic rings. The summed E-state index contributed by atoms with van der Waals surface area (Å²) in [6.07, 6.45) is -4.35. The number of aromatic nitrogens is 4. The van der Waals surface area contributed by atoms with Gasteiger partial charge in [-0.15, -0.1) is 0 Å². The van der Waals surface area contributed by atoms with Gasteiger partial charge in [0.2, 0.25) is 11.7 Å². The molecule has 0 bridgehead atoms. The standard InChI is InChI=1S/C58H72N7O12P/c1-37(2)65(38(3)4)78(74-33-19-32-59)76-47-48(72-36-73-53(68)55(5,6)7)52(64-35-61-46-50(64)62-54(60)63-51(46)67)75-49(47)58(56(8,9)10,45(66)34-71-44-22-17-14-18-23-44)77-57(39-20-15-13-16-21-39,40-24-28-42(69-11)29-25-40)41-26-30-43(70-12)31-27-41/h13-18,20-31,35,37-38,47-49,52H,19,33-34,36H2,1-12H3,(H3,60,62,63,67)/t47-,48+,49-,52+,58?,78?/m0/s1. The SMILES string of the molecule is COc1ccc(C(OC(C(=O)COc2ccccc2)([C@H]2O[C@@H](n3cnc4c(=O)[nH]c(N)nc43)[C@H](OCOC(=O)C(C)(C)C)[C@@H]2OP(OCCC#N)N(C(C)C)C(C)C)C(C)(C)C)(c2ccccc2)c2ccc(OC)cc2)cc1. The molecule has 0 amide bonds. The van der Waals surface area contributed by atoms with Gasteiger partial charge in [-0.25, -0.2) is 9.65 Å². The highest BCUT2D eigenvalue weighted by atomic mass is 31.2. The van der Waals surface area contributed by atoms with E-state index in [1.807, 2.05) is 138 Å². The number of H-pyrrole nitrogens is 1. The second-order valence-electron chi connectivity index (χ2n) is 21.4. The maximum atomic E-state index is 16.8. The van der Waals surface area contributed by atoms with Crippen LogP contribution in [0.3, 0.4) is 0 Å². The van der Waals surface area contributed by atoms with Crippen molar-refractivity contribution in [3.8, 4) is 23.3 Å². The van der Waals surface area contributed by atoms with E-state index in [0.29, 0.717) is 33.9 Å². The van der Waals surface area contributed by atoms with Gasteiger partial charge in [-0.2, -0.15) is 10.2 Å². The van der Waals surface area contributed by atoms with Crippen molar-refractivity contribution in [3.63, 3.8) is 0 Å². The Morgan fingerprint density at radius 2 is 1.38 bits per heavy atom. The van der Waals surface area contributed by atoms with E-state index in [2.05, 4.69) is 21.0 Å². The maximum Gasteiger partial charge on any atom is 0.313 e. The summed E-state index contributed by atoms with van der Waals surface area (Å²) in [5, 5.41) is 9.82. The highest BCUT2D eigenvalue weighted by Crippen LogP contribution is 2.57. The van der Waals surface area contributed by atoms with E-state index in [1.165, 1.54) is 10.9 Å². The number of carbonyl (C=O) groups is 2. The molecule has 20 heteroatoms. The first-order valence-corrected chi connectivity index (χ1v) is 26.9. The third-order valence-electron chi connectivity index (χ3n) is 13.4. The highest BCUT2D eigenvalue weighted by molar-refractivity contribution is 7.44. The van der Waals surface area contributed by atoms with Crippen LogP contribution in [0.15, 0.2) is 120 Å². The summed E-state index contributed by atoms with van der Waals surface area (Å²) in [6.45, 7) is 17.5. The lowest BCUT2D eigenvalue weighted by atomic mass is 9.67. The zero-order valence-electron chi connectivity index (χ0n) is 46.4. The first kappa shape index (κ1) is 58.9. The number of nitrogens with one attached hydrogen (secondary N) is 1. The molecule has 0 saturated carbocycles. The summed E-state index contributed by atoms with van der Waals surface area (Å²) in [7, 11) is 0.959. The van der Waals surface area contributed by atoms with Gasteiger partial charge >= 0.3 is 5.97 Å². The first-order chi connectivity index (χ1) is 37.1. The van der Waals surface area contributed by atoms with Crippen molar-refractivity contribution in [1.29, 1.82) is 5.26 Å². The fourth-order valence-corrected chi connectivity index (χ4v) is 11.4. The van der Waals surface area contributed by atoms with Crippen molar-refractivity contribution in [1.82, 2.24) is 24.2 Å². The number of nitrogens with zero attached hydrogens (tertiary/aromatic N) is 5. The Balaban J connectivity index is 1.61. The molecule has 3 N–H and O–H groups in total. The molecule has 7 rings (SSSR count). The third kappa shape index (κ3) is 12.4. The summed E-state index contributed by atoms with van der Waals surface area (Å²) >= 11 is 0. The number of anilines is 1. The number of nitrogens with two attached hydrogens (primary N) is 1. The van der Waals surface area contributed by atoms with Gasteiger partial charge in [0.25, 0.3) is 14.1 Å². The number of hydrogen-bond donors (Lipinski definition) is 2. The number of esters is 1. The number of imidazole rings is 1. The van der Waals surface area contributed by atoms with E-state index >= 15 is 4.79 Å². The van der Waals surface area contributed by atoms with Gasteiger partial charge in [0.05, 0.1) is 45.1 Å². The normalized spacial score (nSPS) is 18.2. The lowest BCUT2D eigenvalue weighted by Crippen LogP contribution is -2.67. The second kappa shape index (κ2) is 24.9. The number of methoxy groups -OCH3 is 2. The zero-order chi connectivity index (χ0) is 56.6. The Labute approximate surface area is 457 Å². The number of ether oxygens (including phenoxy) is 7. The molecule has 6 atom stereocenters. The Morgan fingerprint density at radius 1 is 0.821 bits per heavy atom. The number of para-hydroxylation sites is 1. The molecule has 0 aliphatic carbocycles. The molecule has 1 fully saturated rings. The van der Waals surface area contributed by atoms with E-state index in [-0.39, 0.29) is 42.2 Å². The number of carbonyl (C=O) groups excluding carboxylic acids is 2. The van der Waals surface area contributed by atoms with Crippen LogP contribution in [0.5, 0.6) is 17.2 Å². The molecule has 3 heterocycles. The average Bonchev–Trinajstić information content (AvgIpc) is 4.11. The van der Waals surface area contributed by atoms with Crippen LogP contribution in [0.2, 0.25) is 0 Å². The molecule has 78 heavy (non-hydrogen) atoms. The number of nitrogen functional groups attached to an aromatic ring is 1. The fraction of sp³-hybridized carbons (Fsp3) is 0.448. The topological polar surface area (TPSA) is 234 Å². The summed E-state index contributed by atoms with van der Waals surface area (Å²) in [6, 6.07) is 35.0. The van der Waals surface area contributed by atoms with Crippen molar-refractivity contribution >= 4 is 37.4 Å². The molecule has 1 aliphatic heterocycles. The molecule has 2 aromatic heterocycles. The number of fused-ring (bicyclic) bond motifs is 1. The minimum Gasteiger partial charge on any atom is -0.497 e. The molecule has 416 valence electrons. The number of Topliss-reactive ketones (excluding diaryl/α,β-unsaturated/α-hetero) is 1. The zero-order valence-corrected chi connectivity index (χ0v) is 47.3. The van der Waals surface area contributed by atoms with E-state index in [9.17, 15) is 14.9 Å². The molecule has 1 aliphatic rings. The first-order valence-electron chi connectivity index (χ1n) is 25.8. The van der Waals surface area contributed by atoms with E-state index in [0.717, 1.165) is 0 Å². The smallest absolute Gasteiger partial charge is 0.313 e. The molecule has 19 nitrogen and oxygen atoms in total. The number of aromatic amines is 1. The Morgan fingerprint density at radius 3 is 1.91 bits per heavy atom. The van der Waals surface area contributed by atoms with Crippen LogP contribution in [-0.4, -0.2) is 106 Å². The summed E-state index contributed by atoms with van der Waals surface area (Å²) in [4.78, 5) is 55.3. The summed E-state index contributed by atoms with van der Waals surface area (Å²) in [5.74, 6) is 0.189. The van der Waals surface area contributed by atoms with Gasteiger partial charge in [0, 0.05) is 17.5 Å². The minimum absolute atomic E-state index is 0.00979. The monoisotopic (exact) mass is 1090 g/mol. The number of hydrogen-bond acceptors (Lipinski definition) is 17. The number of rotatable bonds is 24. The maximum absolute atomic E-state index is 16.8. The van der Waals surface area contributed by atoms with Crippen molar-refractivity contribution in [2.45, 2.75) is 123 Å². The van der Waals surface area contributed by atoms with Gasteiger partial charge < -0.3 is 47.9 Å². The quantitative estimate of drug-likeness (QED) is 0.0189. The lowest BCUT2D eigenvalue weighted by Gasteiger charge is -2.53. The minimum atomic E-state index is -2.23.